The van der Waals surface area contributed by atoms with E-state index in [1.54, 1.807) is 20.1 Å². The van der Waals surface area contributed by atoms with E-state index >= 15 is 0 Å². The second kappa shape index (κ2) is 5.93. The summed E-state index contributed by atoms with van der Waals surface area (Å²) in [4.78, 5) is 12.3. The molecule has 1 aromatic heterocycles. The fraction of sp³-hybridized carbons (Fsp3) is 0.278. The van der Waals surface area contributed by atoms with Crippen molar-refractivity contribution in [3.63, 3.8) is 0 Å². The summed E-state index contributed by atoms with van der Waals surface area (Å²) < 4.78 is 11.3. The molecule has 23 heavy (non-hydrogen) atoms. The molecule has 2 aromatic carbocycles. The zero-order valence-corrected chi connectivity index (χ0v) is 13.4. The van der Waals surface area contributed by atoms with Crippen LogP contribution in [0.3, 0.4) is 0 Å². The normalized spacial score (nSPS) is 13.9. The summed E-state index contributed by atoms with van der Waals surface area (Å²) in [5.41, 5.74) is 7.88. The van der Waals surface area contributed by atoms with Crippen LogP contribution in [0.15, 0.2) is 40.8 Å². The van der Waals surface area contributed by atoms with Crippen LogP contribution in [0.1, 0.15) is 13.8 Å². The Bertz CT molecular complexity index is 867. The summed E-state index contributed by atoms with van der Waals surface area (Å²) in [6.45, 7) is 3.61. The zero-order valence-electron chi connectivity index (χ0n) is 13.4. The maximum Gasteiger partial charge on any atom is 0.228 e. The van der Waals surface area contributed by atoms with Gasteiger partial charge >= 0.3 is 0 Å². The molecule has 3 N–H and O–H groups in total. The van der Waals surface area contributed by atoms with Crippen molar-refractivity contribution in [2.75, 3.05) is 12.4 Å². The van der Waals surface area contributed by atoms with Crippen molar-refractivity contribution in [2.24, 2.45) is 11.7 Å². The summed E-state index contributed by atoms with van der Waals surface area (Å²) in [6.07, 6.45) is 0. The molecule has 0 fully saturated rings. The highest BCUT2D eigenvalue weighted by molar-refractivity contribution is 6.07. The minimum Gasteiger partial charge on any atom is -0.495 e. The third-order valence-corrected chi connectivity index (χ3v) is 4.16. The van der Waals surface area contributed by atoms with E-state index in [1.807, 2.05) is 37.3 Å². The van der Waals surface area contributed by atoms with E-state index in [0.717, 1.165) is 16.4 Å². The lowest BCUT2D eigenvalue weighted by atomic mass is 10.0. The lowest BCUT2D eigenvalue weighted by molar-refractivity contribution is -0.119. The molecule has 1 heterocycles. The van der Waals surface area contributed by atoms with Gasteiger partial charge in [0.1, 0.15) is 16.9 Å². The number of ether oxygens (including phenoxy) is 1. The number of fused-ring (bicyclic) bond motifs is 3. The summed E-state index contributed by atoms with van der Waals surface area (Å²) in [5, 5.41) is 4.85. The van der Waals surface area contributed by atoms with Crippen molar-refractivity contribution >= 4 is 33.5 Å². The number of furan rings is 1. The number of nitrogens with one attached hydrogen (secondary N) is 1. The molecule has 0 aliphatic heterocycles. The molecule has 0 spiro atoms. The fourth-order valence-electron chi connectivity index (χ4n) is 2.50. The van der Waals surface area contributed by atoms with E-state index in [-0.39, 0.29) is 17.9 Å². The Morgan fingerprint density at radius 1 is 1.17 bits per heavy atom. The molecule has 120 valence electrons. The molecule has 5 nitrogen and oxygen atoms in total. The van der Waals surface area contributed by atoms with Crippen molar-refractivity contribution < 1.29 is 13.9 Å². The first kappa shape index (κ1) is 15.4. The van der Waals surface area contributed by atoms with Crippen molar-refractivity contribution in [3.8, 4) is 5.75 Å². The molecule has 2 unspecified atom stereocenters. The van der Waals surface area contributed by atoms with Crippen LogP contribution in [0.5, 0.6) is 5.75 Å². The van der Waals surface area contributed by atoms with E-state index in [1.165, 1.54) is 0 Å². The Morgan fingerprint density at radius 2 is 1.91 bits per heavy atom. The lowest BCUT2D eigenvalue weighted by Gasteiger charge is -2.16. The Morgan fingerprint density at radius 3 is 2.61 bits per heavy atom. The third-order valence-electron chi connectivity index (χ3n) is 4.16. The largest absolute Gasteiger partial charge is 0.495 e. The average molecular weight is 312 g/mol. The second-order valence-electron chi connectivity index (χ2n) is 5.78. The van der Waals surface area contributed by atoms with Gasteiger partial charge in [-0.15, -0.1) is 0 Å². The monoisotopic (exact) mass is 312 g/mol. The van der Waals surface area contributed by atoms with Gasteiger partial charge in [0.25, 0.3) is 0 Å². The van der Waals surface area contributed by atoms with Gasteiger partial charge in [-0.05, 0) is 19.1 Å². The van der Waals surface area contributed by atoms with Gasteiger partial charge in [-0.1, -0.05) is 25.1 Å². The Kier molecular flexibility index (Phi) is 3.96. The molecule has 3 rings (SSSR count). The van der Waals surface area contributed by atoms with E-state index in [2.05, 4.69) is 5.32 Å². The van der Waals surface area contributed by atoms with Crippen LogP contribution in [-0.4, -0.2) is 19.1 Å². The Labute approximate surface area is 134 Å². The first-order valence-electron chi connectivity index (χ1n) is 7.57. The topological polar surface area (TPSA) is 77.5 Å². The minimum absolute atomic E-state index is 0.145. The van der Waals surface area contributed by atoms with Crippen LogP contribution < -0.4 is 15.8 Å². The molecule has 1 amide bonds. The van der Waals surface area contributed by atoms with Crippen LogP contribution in [-0.2, 0) is 4.79 Å². The van der Waals surface area contributed by atoms with Crippen molar-refractivity contribution in [1.82, 2.24) is 0 Å². The Balaban J connectivity index is 2.06. The molecular formula is C18H20N2O3. The SMILES string of the molecule is COc1cc2c(cc1NC(=O)C(C)C(C)N)oc1ccccc12. The fourth-order valence-corrected chi connectivity index (χ4v) is 2.50. The maximum atomic E-state index is 12.3. The Hall–Kier alpha value is -2.53. The van der Waals surface area contributed by atoms with Crippen LogP contribution >= 0.6 is 0 Å². The molecule has 0 bridgehead atoms. The molecule has 0 aliphatic carbocycles. The molecule has 0 aliphatic rings. The molecule has 0 saturated carbocycles. The predicted molar refractivity (Wildman–Crippen MR) is 91.7 cm³/mol. The second-order valence-corrected chi connectivity index (χ2v) is 5.78. The molecular weight excluding hydrogens is 292 g/mol. The summed E-state index contributed by atoms with van der Waals surface area (Å²) in [6, 6.07) is 11.2. The zero-order chi connectivity index (χ0) is 16.6. The van der Waals surface area contributed by atoms with Gasteiger partial charge in [-0.3, -0.25) is 4.79 Å². The van der Waals surface area contributed by atoms with E-state index in [9.17, 15) is 4.79 Å². The predicted octanol–water partition coefficient (Wildman–Crippen LogP) is 3.52. The van der Waals surface area contributed by atoms with Crippen molar-refractivity contribution in [1.29, 1.82) is 0 Å². The summed E-state index contributed by atoms with van der Waals surface area (Å²) in [5.74, 6) is 0.147. The first-order chi connectivity index (χ1) is 11.0. The van der Waals surface area contributed by atoms with Crippen LogP contribution in [0.2, 0.25) is 0 Å². The van der Waals surface area contributed by atoms with Crippen molar-refractivity contribution in [2.45, 2.75) is 19.9 Å². The average Bonchev–Trinajstić information content (AvgIpc) is 2.90. The van der Waals surface area contributed by atoms with Crippen LogP contribution in [0.25, 0.3) is 21.9 Å². The van der Waals surface area contributed by atoms with Crippen LogP contribution in [0.4, 0.5) is 5.69 Å². The quantitative estimate of drug-likeness (QED) is 0.772. The molecule has 5 heteroatoms. The number of hydrogen-bond acceptors (Lipinski definition) is 4. The van der Waals surface area contributed by atoms with Crippen LogP contribution in [0, 0.1) is 5.92 Å². The standard InChI is InChI=1S/C18H20N2O3/c1-10(11(2)19)18(21)20-14-9-16-13(8-17(14)22-3)12-6-4-5-7-15(12)23-16/h4-11H,19H2,1-3H3,(H,20,21). The maximum absolute atomic E-state index is 12.3. The number of carbonyl (C=O) groups excluding carboxylic acids is 1. The first-order valence-corrected chi connectivity index (χ1v) is 7.57. The van der Waals surface area contributed by atoms with Gasteiger partial charge in [0, 0.05) is 22.9 Å². The number of para-hydroxylation sites is 1. The number of hydrogen-bond donors (Lipinski definition) is 2. The summed E-state index contributed by atoms with van der Waals surface area (Å²) in [7, 11) is 1.58. The number of benzene rings is 2. The molecule has 3 aromatic rings. The number of rotatable bonds is 4. The molecule has 0 saturated heterocycles. The lowest BCUT2D eigenvalue weighted by Crippen LogP contribution is -2.34. The highest BCUT2D eigenvalue weighted by atomic mass is 16.5. The number of anilines is 1. The smallest absolute Gasteiger partial charge is 0.228 e. The number of methoxy groups -OCH3 is 1. The highest BCUT2D eigenvalue weighted by Crippen LogP contribution is 2.36. The number of amides is 1. The number of nitrogens with two attached hydrogens (primary N) is 1. The van der Waals surface area contributed by atoms with E-state index < -0.39 is 0 Å². The van der Waals surface area contributed by atoms with Gasteiger partial charge in [0.05, 0.1) is 18.7 Å². The molecule has 0 radical (unpaired) electrons. The van der Waals surface area contributed by atoms with Gasteiger partial charge in [-0.2, -0.15) is 0 Å². The van der Waals surface area contributed by atoms with Gasteiger partial charge in [0.15, 0.2) is 0 Å². The van der Waals surface area contributed by atoms with Gasteiger partial charge in [-0.25, -0.2) is 0 Å². The third kappa shape index (κ3) is 2.75. The summed E-state index contributed by atoms with van der Waals surface area (Å²) >= 11 is 0. The highest BCUT2D eigenvalue weighted by Gasteiger charge is 2.20. The number of carbonyl (C=O) groups is 1. The van der Waals surface area contributed by atoms with Gasteiger partial charge < -0.3 is 20.2 Å². The van der Waals surface area contributed by atoms with Crippen molar-refractivity contribution in [3.05, 3.63) is 36.4 Å². The molecule has 2 atom stereocenters. The van der Waals surface area contributed by atoms with E-state index in [4.69, 9.17) is 14.9 Å². The minimum atomic E-state index is -0.300. The van der Waals surface area contributed by atoms with Gasteiger partial charge in [0.2, 0.25) is 5.91 Å². The van der Waals surface area contributed by atoms with E-state index in [0.29, 0.717) is 17.0 Å².